The van der Waals surface area contributed by atoms with Crippen LogP contribution in [0.4, 0.5) is 0 Å². The molecule has 0 amide bonds. The van der Waals surface area contributed by atoms with Gasteiger partial charge in [0.25, 0.3) is 0 Å². The molecule has 0 saturated heterocycles. The number of nitrogens with one attached hydrogen (secondary N) is 1. The van der Waals surface area contributed by atoms with E-state index in [1.807, 2.05) is 19.1 Å². The van der Waals surface area contributed by atoms with Crippen LogP contribution >= 0.6 is 12.2 Å². The quantitative estimate of drug-likeness (QED) is 0.515. The molecule has 0 unspecified atom stereocenters. The zero-order valence-corrected chi connectivity index (χ0v) is 19.1. The van der Waals surface area contributed by atoms with Gasteiger partial charge in [-0.3, -0.25) is 0 Å². The van der Waals surface area contributed by atoms with Gasteiger partial charge in [-0.25, -0.2) is 4.79 Å². The Morgan fingerprint density at radius 3 is 2.42 bits per heavy atom. The van der Waals surface area contributed by atoms with Crippen molar-refractivity contribution in [2.75, 3.05) is 41.0 Å². The maximum Gasteiger partial charge on any atom is 0.337 e. The van der Waals surface area contributed by atoms with Gasteiger partial charge in [0, 0.05) is 13.1 Å². The minimum absolute atomic E-state index is 0.101. The van der Waals surface area contributed by atoms with Gasteiger partial charge in [-0.2, -0.15) is 0 Å². The first-order valence-corrected chi connectivity index (χ1v) is 10.5. The van der Waals surface area contributed by atoms with Crippen LogP contribution in [-0.2, 0) is 11.2 Å². The molecule has 2 aromatic rings. The van der Waals surface area contributed by atoms with E-state index in [1.54, 1.807) is 38.5 Å². The monoisotopic (exact) mass is 444 g/mol. The standard InChI is InChI=1S/C23H28N2O5S/c1-5-24-23(31)25-11-10-16-12-20(27-2)21(28-3)13-18(16)19(25)14-30-17-8-6-15(7-9-17)22(26)29-4/h6-9,12-13,19H,5,10-11,14H2,1-4H3,(H,24,31)/t19-/m1/s1. The number of nitrogens with zero attached hydrogens (tertiary/aromatic N) is 1. The number of thiocarbonyl (C=S) groups is 1. The molecule has 0 aliphatic carbocycles. The summed E-state index contributed by atoms with van der Waals surface area (Å²) in [7, 11) is 4.62. The summed E-state index contributed by atoms with van der Waals surface area (Å²) in [6.45, 7) is 3.92. The molecule has 1 aliphatic rings. The lowest BCUT2D eigenvalue weighted by Gasteiger charge is -2.39. The van der Waals surface area contributed by atoms with Gasteiger partial charge in [0.1, 0.15) is 12.4 Å². The molecule has 1 heterocycles. The minimum atomic E-state index is -0.379. The maximum atomic E-state index is 11.6. The summed E-state index contributed by atoms with van der Waals surface area (Å²) in [6.07, 6.45) is 0.839. The van der Waals surface area contributed by atoms with E-state index in [-0.39, 0.29) is 12.0 Å². The van der Waals surface area contributed by atoms with Crippen LogP contribution < -0.4 is 19.5 Å². The molecule has 3 rings (SSSR count). The molecule has 0 radical (unpaired) electrons. The van der Waals surface area contributed by atoms with Crippen molar-refractivity contribution in [2.45, 2.75) is 19.4 Å². The molecule has 2 aromatic carbocycles. The number of carbonyl (C=O) groups is 1. The SMILES string of the molecule is CCNC(=S)N1CCc2cc(OC)c(OC)cc2[C@H]1COc1ccc(C(=O)OC)cc1. The normalized spacial score (nSPS) is 15.0. The molecule has 166 valence electrons. The Labute approximate surface area is 188 Å². The first-order valence-electron chi connectivity index (χ1n) is 10.1. The van der Waals surface area contributed by atoms with E-state index in [0.717, 1.165) is 25.1 Å². The third kappa shape index (κ3) is 5.02. The third-order valence-electron chi connectivity index (χ3n) is 5.27. The van der Waals surface area contributed by atoms with Crippen LogP contribution in [0.1, 0.15) is 34.5 Å². The topological polar surface area (TPSA) is 69.3 Å². The molecular weight excluding hydrogens is 416 g/mol. The molecule has 0 saturated carbocycles. The summed E-state index contributed by atoms with van der Waals surface area (Å²) in [6, 6.07) is 10.8. The number of hydrogen-bond acceptors (Lipinski definition) is 6. The summed E-state index contributed by atoms with van der Waals surface area (Å²) in [5.74, 6) is 1.66. The maximum absolute atomic E-state index is 11.6. The molecule has 1 atom stereocenters. The van der Waals surface area contributed by atoms with Crippen LogP contribution in [-0.4, -0.2) is 57.0 Å². The number of hydrogen-bond donors (Lipinski definition) is 1. The second-order valence-electron chi connectivity index (χ2n) is 7.03. The molecule has 7 nitrogen and oxygen atoms in total. The van der Waals surface area contributed by atoms with Gasteiger partial charge in [-0.1, -0.05) is 0 Å². The number of benzene rings is 2. The van der Waals surface area contributed by atoms with Crippen molar-refractivity contribution in [2.24, 2.45) is 0 Å². The fourth-order valence-corrected chi connectivity index (χ4v) is 4.05. The lowest BCUT2D eigenvalue weighted by Crippen LogP contribution is -2.47. The predicted octanol–water partition coefficient (Wildman–Crippen LogP) is 3.36. The van der Waals surface area contributed by atoms with Crippen LogP contribution in [0, 0.1) is 0 Å². The summed E-state index contributed by atoms with van der Waals surface area (Å²) in [4.78, 5) is 13.8. The van der Waals surface area contributed by atoms with Crippen molar-refractivity contribution >= 4 is 23.3 Å². The lowest BCUT2D eigenvalue weighted by molar-refractivity contribution is 0.0600. The van der Waals surface area contributed by atoms with Crippen LogP contribution in [0.3, 0.4) is 0 Å². The van der Waals surface area contributed by atoms with Crippen LogP contribution in [0.25, 0.3) is 0 Å². The van der Waals surface area contributed by atoms with Gasteiger partial charge < -0.3 is 29.2 Å². The van der Waals surface area contributed by atoms with E-state index in [9.17, 15) is 4.79 Å². The Bertz CT molecular complexity index is 932. The van der Waals surface area contributed by atoms with E-state index < -0.39 is 0 Å². The van der Waals surface area contributed by atoms with E-state index in [0.29, 0.717) is 34.5 Å². The predicted molar refractivity (Wildman–Crippen MR) is 122 cm³/mol. The smallest absolute Gasteiger partial charge is 0.337 e. The first kappa shape index (κ1) is 22.7. The van der Waals surface area contributed by atoms with Crippen LogP contribution in [0.15, 0.2) is 36.4 Å². The molecular formula is C23H28N2O5S. The fraction of sp³-hybridized carbons (Fsp3) is 0.391. The van der Waals surface area contributed by atoms with Gasteiger partial charge >= 0.3 is 5.97 Å². The molecule has 0 spiro atoms. The van der Waals surface area contributed by atoms with Gasteiger partial charge in [0.05, 0.1) is 32.9 Å². The first-order chi connectivity index (χ1) is 15.0. The third-order valence-corrected chi connectivity index (χ3v) is 5.65. The lowest BCUT2D eigenvalue weighted by atomic mass is 9.92. The number of carbonyl (C=O) groups excluding carboxylic acids is 1. The van der Waals surface area contributed by atoms with Crippen LogP contribution in [0.2, 0.25) is 0 Å². The van der Waals surface area contributed by atoms with Crippen molar-refractivity contribution in [3.8, 4) is 17.2 Å². The van der Waals surface area contributed by atoms with Crippen molar-refractivity contribution < 1.29 is 23.7 Å². The molecule has 0 fully saturated rings. The zero-order chi connectivity index (χ0) is 22.4. The summed E-state index contributed by atoms with van der Waals surface area (Å²) < 4.78 is 21.9. The van der Waals surface area contributed by atoms with Gasteiger partial charge in [0.2, 0.25) is 0 Å². The zero-order valence-electron chi connectivity index (χ0n) is 18.3. The molecule has 31 heavy (non-hydrogen) atoms. The minimum Gasteiger partial charge on any atom is -0.493 e. The molecule has 8 heteroatoms. The summed E-state index contributed by atoms with van der Waals surface area (Å²) in [5.41, 5.74) is 2.75. The highest BCUT2D eigenvalue weighted by Gasteiger charge is 2.31. The Balaban J connectivity index is 1.88. The Morgan fingerprint density at radius 1 is 1.13 bits per heavy atom. The van der Waals surface area contributed by atoms with E-state index in [1.165, 1.54) is 12.7 Å². The average molecular weight is 445 g/mol. The average Bonchev–Trinajstić information content (AvgIpc) is 2.81. The Kier molecular flexibility index (Phi) is 7.57. The number of ether oxygens (including phenoxy) is 4. The fourth-order valence-electron chi connectivity index (χ4n) is 3.68. The highest BCUT2D eigenvalue weighted by molar-refractivity contribution is 7.80. The van der Waals surface area contributed by atoms with E-state index >= 15 is 0 Å². The second-order valence-corrected chi connectivity index (χ2v) is 7.41. The summed E-state index contributed by atoms with van der Waals surface area (Å²) in [5, 5.41) is 3.94. The Hall–Kier alpha value is -3.00. The molecule has 1 N–H and O–H groups in total. The van der Waals surface area contributed by atoms with Crippen molar-refractivity contribution in [1.82, 2.24) is 10.2 Å². The molecule has 0 bridgehead atoms. The Morgan fingerprint density at radius 2 is 1.81 bits per heavy atom. The molecule has 0 aromatic heterocycles. The number of methoxy groups -OCH3 is 3. The van der Waals surface area contributed by atoms with E-state index in [2.05, 4.69) is 10.2 Å². The largest absolute Gasteiger partial charge is 0.493 e. The van der Waals surface area contributed by atoms with Gasteiger partial charge in [0.15, 0.2) is 16.6 Å². The number of esters is 1. The highest BCUT2D eigenvalue weighted by atomic mass is 32.1. The highest BCUT2D eigenvalue weighted by Crippen LogP contribution is 2.38. The second kappa shape index (κ2) is 10.3. The van der Waals surface area contributed by atoms with Crippen molar-refractivity contribution in [1.29, 1.82) is 0 Å². The van der Waals surface area contributed by atoms with Gasteiger partial charge in [-0.15, -0.1) is 0 Å². The van der Waals surface area contributed by atoms with Crippen molar-refractivity contribution in [3.05, 3.63) is 53.1 Å². The van der Waals surface area contributed by atoms with Crippen LogP contribution in [0.5, 0.6) is 17.2 Å². The summed E-state index contributed by atoms with van der Waals surface area (Å²) >= 11 is 5.63. The number of rotatable bonds is 7. The van der Waals surface area contributed by atoms with Gasteiger partial charge in [-0.05, 0) is 73.1 Å². The number of fused-ring (bicyclic) bond motifs is 1. The molecule has 1 aliphatic heterocycles. The van der Waals surface area contributed by atoms with E-state index in [4.69, 9.17) is 31.2 Å². The van der Waals surface area contributed by atoms with Crippen molar-refractivity contribution in [3.63, 3.8) is 0 Å².